The fourth-order valence-corrected chi connectivity index (χ4v) is 4.17. The number of hydrogen-bond donors (Lipinski definition) is 1. The summed E-state index contributed by atoms with van der Waals surface area (Å²) in [6.45, 7) is 4.80. The van der Waals surface area contributed by atoms with Gasteiger partial charge >= 0.3 is 0 Å². The molecular formula is C17H27N3O4S. The highest BCUT2D eigenvalue weighted by Gasteiger charge is 2.25. The number of anilines is 1. The number of nitrogens with zero attached hydrogens (tertiary/aromatic N) is 2. The number of primary amides is 1. The zero-order valence-electron chi connectivity index (χ0n) is 14.8. The Bertz CT molecular complexity index is 693. The molecule has 0 saturated carbocycles. The number of fused-ring (bicyclic) bond motifs is 1. The van der Waals surface area contributed by atoms with E-state index < -0.39 is 15.7 Å². The third kappa shape index (κ3) is 5.89. The van der Waals surface area contributed by atoms with Crippen LogP contribution in [0.15, 0.2) is 24.3 Å². The molecule has 1 aromatic carbocycles. The molecule has 1 heterocycles. The van der Waals surface area contributed by atoms with Gasteiger partial charge in [-0.2, -0.15) is 0 Å². The Kier molecular flexibility index (Phi) is 6.66. The molecule has 1 aliphatic rings. The summed E-state index contributed by atoms with van der Waals surface area (Å²) < 4.78 is 29.9. The number of ether oxygens (including phenoxy) is 1. The monoisotopic (exact) mass is 369 g/mol. The molecule has 0 bridgehead atoms. The molecule has 1 atom stereocenters. The van der Waals surface area contributed by atoms with E-state index in [1.165, 1.54) is 0 Å². The number of rotatable bonds is 9. The normalized spacial score (nSPS) is 17.2. The first-order chi connectivity index (χ1) is 11.8. The Labute approximate surface area is 149 Å². The van der Waals surface area contributed by atoms with Gasteiger partial charge in [0.1, 0.15) is 11.9 Å². The maximum Gasteiger partial charge on any atom is 0.218 e. The first-order valence-corrected chi connectivity index (χ1v) is 10.3. The molecule has 1 unspecified atom stereocenters. The van der Waals surface area contributed by atoms with Crippen molar-refractivity contribution in [3.05, 3.63) is 24.3 Å². The minimum atomic E-state index is -3.27. The number of hydrogen-bond acceptors (Lipinski definition) is 6. The van der Waals surface area contributed by atoms with E-state index in [9.17, 15) is 13.2 Å². The van der Waals surface area contributed by atoms with Crippen LogP contribution in [0.2, 0.25) is 0 Å². The fourth-order valence-electron chi connectivity index (χ4n) is 2.87. The molecule has 140 valence electrons. The van der Waals surface area contributed by atoms with E-state index in [-0.39, 0.29) is 24.0 Å². The summed E-state index contributed by atoms with van der Waals surface area (Å²) in [5, 5.41) is 0. The molecule has 1 aliphatic heterocycles. The van der Waals surface area contributed by atoms with Crippen molar-refractivity contribution in [2.45, 2.75) is 19.4 Å². The smallest absolute Gasteiger partial charge is 0.218 e. The molecule has 0 aromatic heterocycles. The Hall–Kier alpha value is -1.80. The average Bonchev–Trinajstić information content (AvgIpc) is 2.58. The molecule has 0 fully saturated rings. The van der Waals surface area contributed by atoms with Crippen LogP contribution in [-0.2, 0) is 14.6 Å². The minimum Gasteiger partial charge on any atom is -0.485 e. The summed E-state index contributed by atoms with van der Waals surface area (Å²) in [7, 11) is -1.39. The maximum atomic E-state index is 11.9. The molecule has 1 aromatic rings. The standard InChI is InChI=1S/C17H27N3O4S/c1-3-20-13-14(24-16-7-5-4-6-15(16)20)12-19(2)9-11-25(22,23)10-8-17(18)21/h4-7,14H,3,8-13H2,1-2H3,(H2,18,21). The third-order valence-electron chi connectivity index (χ3n) is 4.26. The van der Waals surface area contributed by atoms with Crippen molar-refractivity contribution in [1.29, 1.82) is 0 Å². The number of para-hydroxylation sites is 2. The first-order valence-electron chi connectivity index (χ1n) is 8.48. The lowest BCUT2D eigenvalue weighted by Gasteiger charge is -2.37. The van der Waals surface area contributed by atoms with E-state index in [1.807, 2.05) is 36.2 Å². The Morgan fingerprint density at radius 3 is 2.76 bits per heavy atom. The highest BCUT2D eigenvalue weighted by atomic mass is 32.2. The van der Waals surface area contributed by atoms with Gasteiger partial charge in [-0.15, -0.1) is 0 Å². The zero-order valence-corrected chi connectivity index (χ0v) is 15.7. The van der Waals surface area contributed by atoms with Gasteiger partial charge in [-0.1, -0.05) is 12.1 Å². The number of carbonyl (C=O) groups excluding carboxylic acids is 1. The number of amides is 1. The Balaban J connectivity index is 1.87. The number of carbonyl (C=O) groups is 1. The summed E-state index contributed by atoms with van der Waals surface area (Å²) >= 11 is 0. The summed E-state index contributed by atoms with van der Waals surface area (Å²) in [4.78, 5) is 15.0. The molecule has 0 spiro atoms. The molecule has 7 nitrogen and oxygen atoms in total. The Morgan fingerprint density at radius 2 is 2.08 bits per heavy atom. The van der Waals surface area contributed by atoms with Crippen molar-refractivity contribution >= 4 is 21.4 Å². The van der Waals surface area contributed by atoms with Crippen molar-refractivity contribution < 1.29 is 17.9 Å². The number of benzene rings is 1. The van der Waals surface area contributed by atoms with Gasteiger partial charge in [-0.25, -0.2) is 8.42 Å². The van der Waals surface area contributed by atoms with E-state index in [0.29, 0.717) is 13.1 Å². The minimum absolute atomic E-state index is 0.0115. The van der Waals surface area contributed by atoms with Gasteiger partial charge in [0, 0.05) is 26.1 Å². The van der Waals surface area contributed by atoms with Crippen LogP contribution in [0.3, 0.4) is 0 Å². The van der Waals surface area contributed by atoms with E-state index in [0.717, 1.165) is 24.5 Å². The van der Waals surface area contributed by atoms with Gasteiger partial charge in [0.15, 0.2) is 9.84 Å². The van der Waals surface area contributed by atoms with E-state index in [4.69, 9.17) is 10.5 Å². The maximum absolute atomic E-state index is 11.9. The first kappa shape index (κ1) is 19.5. The zero-order chi connectivity index (χ0) is 18.4. The summed E-state index contributed by atoms with van der Waals surface area (Å²) in [5.41, 5.74) is 6.10. The van der Waals surface area contributed by atoms with E-state index in [1.54, 1.807) is 0 Å². The molecule has 2 N–H and O–H groups in total. The van der Waals surface area contributed by atoms with Crippen LogP contribution in [0, 0.1) is 0 Å². The van der Waals surface area contributed by atoms with Gasteiger partial charge in [-0.3, -0.25) is 4.79 Å². The van der Waals surface area contributed by atoms with Gasteiger partial charge in [0.2, 0.25) is 5.91 Å². The van der Waals surface area contributed by atoms with Crippen molar-refractivity contribution in [2.24, 2.45) is 5.73 Å². The fraction of sp³-hybridized carbons (Fsp3) is 0.588. The highest BCUT2D eigenvalue weighted by Crippen LogP contribution is 2.32. The second-order valence-corrected chi connectivity index (χ2v) is 8.68. The topological polar surface area (TPSA) is 92.9 Å². The predicted molar refractivity (Wildman–Crippen MR) is 98.7 cm³/mol. The summed E-state index contributed by atoms with van der Waals surface area (Å²) in [5.74, 6) is 0.0962. The highest BCUT2D eigenvalue weighted by molar-refractivity contribution is 7.91. The van der Waals surface area contributed by atoms with Crippen molar-refractivity contribution in [1.82, 2.24) is 4.90 Å². The predicted octanol–water partition coefficient (Wildman–Crippen LogP) is 0.496. The lowest BCUT2D eigenvalue weighted by atomic mass is 10.2. The van der Waals surface area contributed by atoms with Crippen molar-refractivity contribution in [2.75, 3.05) is 49.6 Å². The largest absolute Gasteiger partial charge is 0.485 e. The molecule has 8 heteroatoms. The van der Waals surface area contributed by atoms with E-state index >= 15 is 0 Å². The van der Waals surface area contributed by atoms with Crippen LogP contribution in [0.4, 0.5) is 5.69 Å². The summed E-state index contributed by atoms with van der Waals surface area (Å²) in [6, 6.07) is 7.95. The summed E-state index contributed by atoms with van der Waals surface area (Å²) in [6.07, 6.45) is -0.145. The number of likely N-dealkylation sites (N-methyl/N-ethyl adjacent to an activating group) is 2. The van der Waals surface area contributed by atoms with Crippen LogP contribution in [-0.4, -0.2) is 70.1 Å². The number of nitrogens with two attached hydrogens (primary N) is 1. The van der Waals surface area contributed by atoms with Crippen molar-refractivity contribution in [3.63, 3.8) is 0 Å². The average molecular weight is 369 g/mol. The third-order valence-corrected chi connectivity index (χ3v) is 5.89. The molecule has 0 saturated heterocycles. The van der Waals surface area contributed by atoms with Crippen LogP contribution >= 0.6 is 0 Å². The van der Waals surface area contributed by atoms with Crippen LogP contribution in [0.25, 0.3) is 0 Å². The van der Waals surface area contributed by atoms with Crippen LogP contribution in [0.1, 0.15) is 13.3 Å². The molecular weight excluding hydrogens is 342 g/mol. The molecule has 0 radical (unpaired) electrons. The SMILES string of the molecule is CCN1CC(CN(C)CCS(=O)(=O)CCC(N)=O)Oc2ccccc21. The lowest BCUT2D eigenvalue weighted by molar-refractivity contribution is -0.117. The van der Waals surface area contributed by atoms with Crippen molar-refractivity contribution in [3.8, 4) is 5.75 Å². The van der Waals surface area contributed by atoms with Crippen LogP contribution in [0.5, 0.6) is 5.75 Å². The van der Waals surface area contributed by atoms with Gasteiger partial charge < -0.3 is 20.3 Å². The quantitative estimate of drug-likeness (QED) is 0.681. The molecule has 1 amide bonds. The second kappa shape index (κ2) is 8.53. The Morgan fingerprint density at radius 1 is 1.36 bits per heavy atom. The van der Waals surface area contributed by atoms with E-state index in [2.05, 4.69) is 11.8 Å². The second-order valence-electron chi connectivity index (χ2n) is 6.38. The molecule has 25 heavy (non-hydrogen) atoms. The van der Waals surface area contributed by atoms with Crippen LogP contribution < -0.4 is 15.4 Å². The lowest BCUT2D eigenvalue weighted by Crippen LogP contribution is -2.46. The van der Waals surface area contributed by atoms with Gasteiger partial charge in [-0.05, 0) is 26.1 Å². The van der Waals surface area contributed by atoms with Gasteiger partial charge in [0.05, 0.1) is 23.7 Å². The molecule has 0 aliphatic carbocycles. The number of sulfone groups is 1. The molecule has 2 rings (SSSR count). The van der Waals surface area contributed by atoms with Gasteiger partial charge in [0.25, 0.3) is 0 Å².